The standard InChI is InChI=1S/C17H10ClN3O2S2/c18-13-5-3-10-2-1-7-19-16(10)12(13)9-24-17-20-14-6-4-11(21(22)23)8-15(14)25-17/h1-8H,9H2. The predicted molar refractivity (Wildman–Crippen MR) is 103 cm³/mol. The summed E-state index contributed by atoms with van der Waals surface area (Å²) in [6.45, 7) is 0. The van der Waals surface area contributed by atoms with E-state index in [2.05, 4.69) is 9.97 Å². The number of aromatic nitrogens is 2. The molecule has 25 heavy (non-hydrogen) atoms. The van der Waals surface area contributed by atoms with Crippen LogP contribution >= 0.6 is 34.7 Å². The maximum atomic E-state index is 10.9. The van der Waals surface area contributed by atoms with E-state index in [9.17, 15) is 10.1 Å². The molecule has 0 aliphatic rings. The van der Waals surface area contributed by atoms with E-state index in [1.54, 1.807) is 30.1 Å². The highest BCUT2D eigenvalue weighted by Crippen LogP contribution is 2.36. The van der Waals surface area contributed by atoms with Crippen molar-refractivity contribution in [1.29, 1.82) is 0 Å². The molecule has 2 heterocycles. The number of pyridine rings is 1. The third kappa shape index (κ3) is 3.18. The minimum absolute atomic E-state index is 0.0778. The molecule has 124 valence electrons. The van der Waals surface area contributed by atoms with Gasteiger partial charge in [0, 0.05) is 40.1 Å². The molecule has 0 unspecified atom stereocenters. The zero-order valence-electron chi connectivity index (χ0n) is 12.7. The molecule has 2 aromatic carbocycles. The maximum absolute atomic E-state index is 10.9. The molecule has 0 atom stereocenters. The van der Waals surface area contributed by atoms with Crippen LogP contribution in [0.4, 0.5) is 5.69 Å². The van der Waals surface area contributed by atoms with Crippen LogP contribution in [0.2, 0.25) is 5.02 Å². The van der Waals surface area contributed by atoms with Crippen LogP contribution in [0.3, 0.4) is 0 Å². The SMILES string of the molecule is O=[N+]([O-])c1ccc2nc(SCc3c(Cl)ccc4cccnc34)sc2c1. The van der Waals surface area contributed by atoms with E-state index in [0.29, 0.717) is 10.8 Å². The summed E-state index contributed by atoms with van der Waals surface area (Å²) < 4.78 is 1.65. The lowest BCUT2D eigenvalue weighted by atomic mass is 10.1. The summed E-state index contributed by atoms with van der Waals surface area (Å²) in [5.74, 6) is 0.634. The first-order valence-electron chi connectivity index (χ1n) is 7.32. The van der Waals surface area contributed by atoms with E-state index in [0.717, 1.165) is 31.0 Å². The van der Waals surface area contributed by atoms with Gasteiger partial charge in [0.05, 0.1) is 20.7 Å². The number of thiazole rings is 1. The van der Waals surface area contributed by atoms with Gasteiger partial charge in [0.2, 0.25) is 0 Å². The lowest BCUT2D eigenvalue weighted by Crippen LogP contribution is -1.89. The third-order valence-electron chi connectivity index (χ3n) is 3.73. The number of non-ortho nitro benzene ring substituents is 1. The fourth-order valence-electron chi connectivity index (χ4n) is 2.52. The number of nitro groups is 1. The van der Waals surface area contributed by atoms with Gasteiger partial charge in [-0.1, -0.05) is 35.5 Å². The van der Waals surface area contributed by atoms with E-state index in [-0.39, 0.29) is 5.69 Å². The van der Waals surface area contributed by atoms with Gasteiger partial charge < -0.3 is 0 Å². The molecule has 0 spiro atoms. The van der Waals surface area contributed by atoms with Crippen molar-refractivity contribution in [2.45, 2.75) is 10.1 Å². The van der Waals surface area contributed by atoms with E-state index >= 15 is 0 Å². The molecule has 5 nitrogen and oxygen atoms in total. The number of nitrogens with zero attached hydrogens (tertiary/aromatic N) is 3. The van der Waals surface area contributed by atoms with Crippen LogP contribution in [0.15, 0.2) is 53.0 Å². The third-order valence-corrected chi connectivity index (χ3v) is 6.27. The Kier molecular flexibility index (Phi) is 4.29. The van der Waals surface area contributed by atoms with Crippen molar-refractivity contribution in [3.05, 3.63) is 69.4 Å². The molecular formula is C17H10ClN3O2S2. The summed E-state index contributed by atoms with van der Waals surface area (Å²) in [5, 5.41) is 12.6. The van der Waals surface area contributed by atoms with Crippen LogP contribution in [-0.4, -0.2) is 14.9 Å². The zero-order valence-corrected chi connectivity index (χ0v) is 15.1. The predicted octanol–water partition coefficient (Wildman–Crippen LogP) is 5.70. The average molecular weight is 388 g/mol. The van der Waals surface area contributed by atoms with Crippen LogP contribution in [0.5, 0.6) is 0 Å². The lowest BCUT2D eigenvalue weighted by molar-refractivity contribution is -0.384. The van der Waals surface area contributed by atoms with Crippen LogP contribution in [0, 0.1) is 10.1 Å². The molecule has 4 rings (SSSR count). The lowest BCUT2D eigenvalue weighted by Gasteiger charge is -2.06. The van der Waals surface area contributed by atoms with Crippen molar-refractivity contribution in [2.75, 3.05) is 0 Å². The van der Waals surface area contributed by atoms with Crippen LogP contribution in [0.1, 0.15) is 5.56 Å². The van der Waals surface area contributed by atoms with Gasteiger partial charge in [-0.3, -0.25) is 15.1 Å². The van der Waals surface area contributed by atoms with Crippen molar-refractivity contribution in [2.24, 2.45) is 0 Å². The van der Waals surface area contributed by atoms with Crippen LogP contribution in [-0.2, 0) is 5.75 Å². The first-order valence-corrected chi connectivity index (χ1v) is 9.50. The highest BCUT2D eigenvalue weighted by Gasteiger charge is 2.13. The fraction of sp³-hybridized carbons (Fsp3) is 0.0588. The number of rotatable bonds is 4. The summed E-state index contributed by atoms with van der Waals surface area (Å²) in [6, 6.07) is 12.4. The monoisotopic (exact) mass is 387 g/mol. The molecule has 0 aliphatic carbocycles. The molecule has 4 aromatic rings. The summed E-state index contributed by atoms with van der Waals surface area (Å²) in [6.07, 6.45) is 1.75. The summed E-state index contributed by atoms with van der Waals surface area (Å²) in [4.78, 5) is 19.5. The molecule has 0 saturated carbocycles. The van der Waals surface area contributed by atoms with Crippen molar-refractivity contribution in [3.63, 3.8) is 0 Å². The quantitative estimate of drug-likeness (QED) is 0.255. The molecule has 2 aromatic heterocycles. The molecule has 0 amide bonds. The largest absolute Gasteiger partial charge is 0.270 e. The number of hydrogen-bond donors (Lipinski definition) is 0. The Morgan fingerprint density at radius 1 is 1.24 bits per heavy atom. The van der Waals surface area contributed by atoms with Gasteiger partial charge in [-0.25, -0.2) is 4.98 Å². The van der Waals surface area contributed by atoms with Gasteiger partial charge in [-0.15, -0.1) is 11.3 Å². The number of fused-ring (bicyclic) bond motifs is 2. The summed E-state index contributed by atoms with van der Waals surface area (Å²) >= 11 is 9.36. The first kappa shape index (κ1) is 16.3. The van der Waals surface area contributed by atoms with Crippen molar-refractivity contribution < 1.29 is 4.92 Å². The topological polar surface area (TPSA) is 68.9 Å². The zero-order chi connectivity index (χ0) is 17.4. The molecule has 0 saturated heterocycles. The average Bonchev–Trinajstić information content (AvgIpc) is 3.02. The highest BCUT2D eigenvalue weighted by molar-refractivity contribution is 8.00. The number of thioether (sulfide) groups is 1. The Labute approximate surface area is 155 Å². The van der Waals surface area contributed by atoms with Gasteiger partial charge >= 0.3 is 0 Å². The van der Waals surface area contributed by atoms with Crippen molar-refractivity contribution in [1.82, 2.24) is 9.97 Å². The van der Waals surface area contributed by atoms with Crippen LogP contribution < -0.4 is 0 Å². The Hall–Kier alpha value is -2.22. The minimum atomic E-state index is -0.395. The second-order valence-electron chi connectivity index (χ2n) is 5.28. The van der Waals surface area contributed by atoms with Crippen LogP contribution in [0.25, 0.3) is 21.1 Å². The maximum Gasteiger partial charge on any atom is 0.270 e. The Morgan fingerprint density at radius 3 is 2.96 bits per heavy atom. The van der Waals surface area contributed by atoms with E-state index in [4.69, 9.17) is 11.6 Å². The molecule has 0 aliphatic heterocycles. The fourth-order valence-corrected chi connectivity index (χ4v) is 4.95. The van der Waals surface area contributed by atoms with Gasteiger partial charge in [0.1, 0.15) is 0 Å². The molecule has 8 heteroatoms. The van der Waals surface area contributed by atoms with Gasteiger partial charge in [-0.05, 0) is 18.2 Å². The molecule has 0 fully saturated rings. The van der Waals surface area contributed by atoms with Crippen molar-refractivity contribution >= 4 is 61.5 Å². The smallest absolute Gasteiger partial charge is 0.258 e. The second-order valence-corrected chi connectivity index (χ2v) is 7.94. The normalized spacial score (nSPS) is 11.2. The summed E-state index contributed by atoms with van der Waals surface area (Å²) in [7, 11) is 0. The van der Waals surface area contributed by atoms with Crippen molar-refractivity contribution in [3.8, 4) is 0 Å². The Balaban J connectivity index is 1.64. The van der Waals surface area contributed by atoms with E-state index in [1.807, 2.05) is 24.3 Å². The van der Waals surface area contributed by atoms with E-state index < -0.39 is 4.92 Å². The minimum Gasteiger partial charge on any atom is -0.258 e. The Morgan fingerprint density at radius 2 is 2.12 bits per heavy atom. The van der Waals surface area contributed by atoms with Gasteiger partial charge in [0.25, 0.3) is 5.69 Å². The molecular weight excluding hydrogens is 378 g/mol. The molecule has 0 bridgehead atoms. The van der Waals surface area contributed by atoms with Gasteiger partial charge in [-0.2, -0.15) is 0 Å². The number of benzene rings is 2. The van der Waals surface area contributed by atoms with Gasteiger partial charge in [0.15, 0.2) is 4.34 Å². The van der Waals surface area contributed by atoms with E-state index in [1.165, 1.54) is 17.4 Å². The molecule has 0 N–H and O–H groups in total. The summed E-state index contributed by atoms with van der Waals surface area (Å²) in [5.41, 5.74) is 2.70. The Bertz CT molecular complexity index is 1110. The molecule has 0 radical (unpaired) electrons. The highest BCUT2D eigenvalue weighted by atomic mass is 35.5. The first-order chi connectivity index (χ1) is 12.1. The number of halogens is 1. The number of hydrogen-bond acceptors (Lipinski definition) is 6. The second kappa shape index (κ2) is 6.59. The number of nitro benzene ring substituents is 1.